The second-order valence-electron chi connectivity index (χ2n) is 6.99. The molecular weight excluding hydrogens is 473 g/mol. The van der Waals surface area contributed by atoms with Gasteiger partial charge >= 0.3 is 11.9 Å². The van der Waals surface area contributed by atoms with Crippen molar-refractivity contribution in [3.63, 3.8) is 0 Å². The molecule has 0 bridgehead atoms. The summed E-state index contributed by atoms with van der Waals surface area (Å²) < 4.78 is 44.6. The summed E-state index contributed by atoms with van der Waals surface area (Å²) in [4.78, 5) is 17.8. The molecule has 0 spiro atoms. The van der Waals surface area contributed by atoms with E-state index in [1.54, 1.807) is 24.3 Å². The molecule has 7 nitrogen and oxygen atoms in total. The maximum atomic E-state index is 13.0. The summed E-state index contributed by atoms with van der Waals surface area (Å²) in [5.74, 6) is -0.0940. The quantitative estimate of drug-likeness (QED) is 0.186. The van der Waals surface area contributed by atoms with Crippen LogP contribution in [0.3, 0.4) is 0 Å². The van der Waals surface area contributed by atoms with Crippen molar-refractivity contribution >= 4 is 40.0 Å². The molecule has 34 heavy (non-hydrogen) atoms. The number of alkyl halides is 3. The molecule has 1 heterocycles. The zero-order valence-corrected chi connectivity index (χ0v) is 17.7. The van der Waals surface area contributed by atoms with Gasteiger partial charge in [-0.1, -0.05) is 23.7 Å². The number of nitro groups is 1. The van der Waals surface area contributed by atoms with E-state index in [0.29, 0.717) is 23.2 Å². The van der Waals surface area contributed by atoms with Gasteiger partial charge in [-0.25, -0.2) is 4.98 Å². The molecule has 0 saturated heterocycles. The minimum absolute atomic E-state index is 0.0381. The van der Waals surface area contributed by atoms with Crippen molar-refractivity contribution in [3.8, 4) is 17.6 Å². The van der Waals surface area contributed by atoms with Crippen molar-refractivity contribution in [3.05, 3.63) is 92.8 Å². The lowest BCUT2D eigenvalue weighted by molar-refractivity contribution is -0.385. The average Bonchev–Trinajstić information content (AvgIpc) is 3.22. The van der Waals surface area contributed by atoms with Crippen molar-refractivity contribution in [1.29, 1.82) is 5.26 Å². The zero-order valence-electron chi connectivity index (χ0n) is 16.9. The molecule has 0 amide bonds. The first-order valence-electron chi connectivity index (χ1n) is 9.55. The maximum Gasteiger partial charge on any atom is 0.416 e. The first-order chi connectivity index (χ1) is 16.2. The molecule has 0 fully saturated rings. The number of hydrogen-bond donors (Lipinski definition) is 1. The van der Waals surface area contributed by atoms with Gasteiger partial charge in [-0.2, -0.15) is 18.4 Å². The molecule has 0 aliphatic heterocycles. The number of nitriles is 1. The maximum absolute atomic E-state index is 13.0. The Bertz CT molecular complexity index is 1460. The number of allylic oxidation sites excluding steroid dienone is 1. The molecule has 170 valence electrons. The third-order valence-electron chi connectivity index (χ3n) is 4.74. The van der Waals surface area contributed by atoms with E-state index in [0.717, 1.165) is 6.07 Å². The van der Waals surface area contributed by atoms with E-state index >= 15 is 0 Å². The van der Waals surface area contributed by atoms with Crippen LogP contribution in [0.4, 0.5) is 18.9 Å². The van der Waals surface area contributed by atoms with Gasteiger partial charge in [0.1, 0.15) is 17.6 Å². The zero-order chi connectivity index (χ0) is 24.5. The van der Waals surface area contributed by atoms with E-state index < -0.39 is 28.1 Å². The SMILES string of the molecule is N#C/C(=C\c1cc(Cl)ccc1Oc1ccc(C(F)(F)F)cc1[N+](=O)[O-])c1nc2ccccc2[nH]1. The Labute approximate surface area is 194 Å². The number of rotatable bonds is 5. The van der Waals surface area contributed by atoms with Gasteiger partial charge in [-0.05, 0) is 48.5 Å². The molecule has 0 unspecified atom stereocenters. The highest BCUT2D eigenvalue weighted by Crippen LogP contribution is 2.39. The summed E-state index contributed by atoms with van der Waals surface area (Å²) >= 11 is 6.08. The van der Waals surface area contributed by atoms with Crippen LogP contribution in [0, 0.1) is 21.4 Å². The van der Waals surface area contributed by atoms with Gasteiger partial charge in [0.2, 0.25) is 5.75 Å². The Morgan fingerprint density at radius 1 is 1.15 bits per heavy atom. The van der Waals surface area contributed by atoms with E-state index in [2.05, 4.69) is 9.97 Å². The molecule has 1 aromatic heterocycles. The van der Waals surface area contributed by atoms with Gasteiger partial charge in [0.25, 0.3) is 0 Å². The van der Waals surface area contributed by atoms with Crippen LogP contribution >= 0.6 is 11.6 Å². The fraction of sp³-hybridized carbons (Fsp3) is 0.0435. The lowest BCUT2D eigenvalue weighted by atomic mass is 10.1. The lowest BCUT2D eigenvalue weighted by Crippen LogP contribution is -2.06. The molecule has 4 rings (SSSR count). The Morgan fingerprint density at radius 3 is 2.56 bits per heavy atom. The molecule has 4 aromatic rings. The first kappa shape index (κ1) is 22.8. The van der Waals surface area contributed by atoms with Gasteiger partial charge in [0, 0.05) is 16.7 Å². The van der Waals surface area contributed by atoms with Crippen LogP contribution in [-0.2, 0) is 6.18 Å². The Morgan fingerprint density at radius 2 is 1.88 bits per heavy atom. The lowest BCUT2D eigenvalue weighted by Gasteiger charge is -2.12. The third-order valence-corrected chi connectivity index (χ3v) is 4.97. The van der Waals surface area contributed by atoms with Gasteiger partial charge in [-0.3, -0.25) is 10.1 Å². The number of nitrogens with one attached hydrogen (secondary N) is 1. The predicted molar refractivity (Wildman–Crippen MR) is 119 cm³/mol. The smallest absolute Gasteiger partial charge is 0.416 e. The first-order valence-corrected chi connectivity index (χ1v) is 9.93. The van der Waals surface area contributed by atoms with Crippen LogP contribution in [0.1, 0.15) is 17.0 Å². The largest absolute Gasteiger partial charge is 0.449 e. The van der Waals surface area contributed by atoms with Crippen molar-refractivity contribution in [1.82, 2.24) is 9.97 Å². The standard InChI is InChI=1S/C23H12ClF3N4O3/c24-16-6-8-20(34-21-7-5-15(23(25,26)27)11-19(21)31(32)33)13(10-16)9-14(12-28)22-29-17-3-1-2-4-18(17)30-22/h1-11H,(H,29,30)/b14-9+. The Balaban J connectivity index is 1.77. The van der Waals surface area contributed by atoms with Crippen molar-refractivity contribution in [2.75, 3.05) is 0 Å². The number of H-pyrrole nitrogens is 1. The molecule has 11 heteroatoms. The van der Waals surface area contributed by atoms with Gasteiger partial charge in [0.05, 0.1) is 27.1 Å². The number of aromatic nitrogens is 2. The summed E-state index contributed by atoms with van der Waals surface area (Å²) in [6, 6.07) is 15.4. The number of imidazole rings is 1. The molecule has 0 saturated carbocycles. The van der Waals surface area contributed by atoms with Crippen molar-refractivity contribution < 1.29 is 22.8 Å². The van der Waals surface area contributed by atoms with Gasteiger partial charge < -0.3 is 9.72 Å². The third kappa shape index (κ3) is 4.69. The predicted octanol–water partition coefficient (Wildman–Crippen LogP) is 7.00. The number of para-hydroxylation sites is 2. The van der Waals surface area contributed by atoms with Crippen LogP contribution in [0.5, 0.6) is 11.5 Å². The van der Waals surface area contributed by atoms with Crippen LogP contribution in [0.25, 0.3) is 22.7 Å². The number of nitro benzene ring substituents is 1. The average molecular weight is 485 g/mol. The number of hydrogen-bond acceptors (Lipinski definition) is 5. The normalized spacial score (nSPS) is 11.9. The minimum Gasteiger partial charge on any atom is -0.449 e. The highest BCUT2D eigenvalue weighted by Gasteiger charge is 2.33. The molecule has 0 aliphatic carbocycles. The van der Waals surface area contributed by atoms with E-state index in [1.807, 2.05) is 6.07 Å². The highest BCUT2D eigenvalue weighted by molar-refractivity contribution is 6.30. The topological polar surface area (TPSA) is 105 Å². The highest BCUT2D eigenvalue weighted by atomic mass is 35.5. The molecule has 3 aromatic carbocycles. The van der Waals surface area contributed by atoms with Crippen LogP contribution < -0.4 is 4.74 Å². The van der Waals surface area contributed by atoms with E-state index in [9.17, 15) is 28.5 Å². The van der Waals surface area contributed by atoms with Crippen molar-refractivity contribution in [2.24, 2.45) is 0 Å². The molecule has 0 atom stereocenters. The van der Waals surface area contributed by atoms with Gasteiger partial charge in [0.15, 0.2) is 0 Å². The van der Waals surface area contributed by atoms with Gasteiger partial charge in [-0.15, -0.1) is 0 Å². The van der Waals surface area contributed by atoms with Crippen LogP contribution in [0.2, 0.25) is 5.02 Å². The molecule has 1 N–H and O–H groups in total. The van der Waals surface area contributed by atoms with E-state index in [1.165, 1.54) is 24.3 Å². The second-order valence-corrected chi connectivity index (χ2v) is 7.43. The number of aromatic amines is 1. The number of ether oxygens (including phenoxy) is 1. The monoisotopic (exact) mass is 484 g/mol. The summed E-state index contributed by atoms with van der Waals surface area (Å²) in [6.07, 6.45) is -3.35. The minimum atomic E-state index is -4.76. The second kappa shape index (κ2) is 8.88. The number of halogens is 4. The molecular formula is C23H12ClF3N4O3. The summed E-state index contributed by atoms with van der Waals surface area (Å²) in [5.41, 5.74) is -0.316. The fourth-order valence-corrected chi connectivity index (χ4v) is 3.34. The number of fused-ring (bicyclic) bond motifs is 1. The fourth-order valence-electron chi connectivity index (χ4n) is 3.16. The van der Waals surface area contributed by atoms with E-state index in [4.69, 9.17) is 16.3 Å². The van der Waals surface area contributed by atoms with Crippen LogP contribution in [-0.4, -0.2) is 14.9 Å². The summed E-state index contributed by atoms with van der Waals surface area (Å²) in [5, 5.41) is 21.4. The van der Waals surface area contributed by atoms with Crippen LogP contribution in [0.15, 0.2) is 60.7 Å². The summed E-state index contributed by atoms with van der Waals surface area (Å²) in [7, 11) is 0. The Hall–Kier alpha value is -4.36. The number of nitrogens with zero attached hydrogens (tertiary/aromatic N) is 3. The molecule has 0 radical (unpaired) electrons. The number of benzene rings is 3. The van der Waals surface area contributed by atoms with E-state index in [-0.39, 0.29) is 27.7 Å². The van der Waals surface area contributed by atoms with Crippen molar-refractivity contribution in [2.45, 2.75) is 6.18 Å². The molecule has 0 aliphatic rings. The Kier molecular flexibility index (Phi) is 5.96. The summed E-state index contributed by atoms with van der Waals surface area (Å²) in [6.45, 7) is 0.